The van der Waals surface area contributed by atoms with Crippen molar-refractivity contribution in [2.45, 2.75) is 19.5 Å². The van der Waals surface area contributed by atoms with Crippen molar-refractivity contribution in [2.75, 3.05) is 0 Å². The van der Waals surface area contributed by atoms with Crippen LogP contribution in [0, 0.1) is 0 Å². The van der Waals surface area contributed by atoms with Gasteiger partial charge in [0, 0.05) is 0 Å². The smallest absolute Gasteiger partial charge is 0.296 e. The second-order valence-corrected chi connectivity index (χ2v) is 4.37. The quantitative estimate of drug-likeness (QED) is 0.817. The fraction of sp³-hybridized carbons (Fsp3) is 0.250. The highest BCUT2D eigenvalue weighted by molar-refractivity contribution is 6.31. The third-order valence-electron chi connectivity index (χ3n) is 2.74. The summed E-state index contributed by atoms with van der Waals surface area (Å²) in [6.07, 6.45) is -3.64. The summed E-state index contributed by atoms with van der Waals surface area (Å²) in [4.78, 5) is 10.8. The van der Waals surface area contributed by atoms with Crippen molar-refractivity contribution < 1.29 is 18.0 Å². The zero-order valence-corrected chi connectivity index (χ0v) is 11.0. The van der Waals surface area contributed by atoms with Crippen LogP contribution in [0.3, 0.4) is 0 Å². The van der Waals surface area contributed by atoms with Crippen molar-refractivity contribution in [3.05, 3.63) is 40.2 Å². The predicted octanol–water partition coefficient (Wildman–Crippen LogP) is 3.31. The Labute approximate surface area is 117 Å². The van der Waals surface area contributed by atoms with Crippen molar-refractivity contribution >= 4 is 17.9 Å². The van der Waals surface area contributed by atoms with Gasteiger partial charge in [-0.3, -0.25) is 4.79 Å². The zero-order valence-electron chi connectivity index (χ0n) is 10.3. The number of aldehydes is 1. The van der Waals surface area contributed by atoms with Crippen LogP contribution in [0.15, 0.2) is 18.2 Å². The lowest BCUT2D eigenvalue weighted by molar-refractivity contribution is -0.137. The van der Waals surface area contributed by atoms with Gasteiger partial charge in [-0.05, 0) is 24.6 Å². The van der Waals surface area contributed by atoms with E-state index in [1.165, 1.54) is 10.7 Å². The molecule has 0 aliphatic rings. The first kappa shape index (κ1) is 14.5. The van der Waals surface area contributed by atoms with Gasteiger partial charge in [0.25, 0.3) is 0 Å². The van der Waals surface area contributed by atoms with Crippen LogP contribution in [0.5, 0.6) is 0 Å². The minimum Gasteiger partial charge on any atom is -0.296 e. The fourth-order valence-electron chi connectivity index (χ4n) is 1.81. The Kier molecular flexibility index (Phi) is 3.80. The Morgan fingerprint density at radius 2 is 2.10 bits per heavy atom. The van der Waals surface area contributed by atoms with Crippen LogP contribution < -0.4 is 0 Å². The van der Waals surface area contributed by atoms with E-state index < -0.39 is 16.8 Å². The molecule has 0 saturated carbocycles. The maximum Gasteiger partial charge on any atom is 0.417 e. The lowest BCUT2D eigenvalue weighted by Crippen LogP contribution is -2.09. The molecule has 0 N–H and O–H groups in total. The van der Waals surface area contributed by atoms with E-state index in [-0.39, 0.29) is 11.4 Å². The summed E-state index contributed by atoms with van der Waals surface area (Å²) in [6, 6.07) is 3.41. The monoisotopic (exact) mass is 303 g/mol. The molecular formula is C12H9ClF3N3O. The molecule has 0 saturated heterocycles. The molecular weight excluding hydrogens is 295 g/mol. The maximum atomic E-state index is 12.8. The highest BCUT2D eigenvalue weighted by Gasteiger charge is 2.33. The van der Waals surface area contributed by atoms with Crippen molar-refractivity contribution in [2.24, 2.45) is 0 Å². The third-order valence-corrected chi connectivity index (χ3v) is 3.07. The molecule has 8 heteroatoms. The fourth-order valence-corrected chi connectivity index (χ4v) is 2.03. The van der Waals surface area contributed by atoms with E-state index in [1.54, 1.807) is 6.92 Å². The number of halogens is 4. The molecule has 0 radical (unpaired) electrons. The first-order valence-electron chi connectivity index (χ1n) is 5.65. The number of hydrogen-bond donors (Lipinski definition) is 0. The number of carbonyl (C=O) groups is 1. The summed E-state index contributed by atoms with van der Waals surface area (Å²) in [5.41, 5.74) is -0.257. The Morgan fingerprint density at radius 3 is 2.65 bits per heavy atom. The van der Waals surface area contributed by atoms with Crippen molar-refractivity contribution in [1.29, 1.82) is 0 Å². The van der Waals surface area contributed by atoms with Crippen LogP contribution in [0.2, 0.25) is 5.02 Å². The SMILES string of the molecule is CCc1c(C=O)nnn1-c1ccc(Cl)c(C(F)(F)F)c1. The summed E-state index contributed by atoms with van der Waals surface area (Å²) in [7, 11) is 0. The second-order valence-electron chi connectivity index (χ2n) is 3.97. The van der Waals surface area contributed by atoms with Crippen LogP contribution in [0.4, 0.5) is 13.2 Å². The van der Waals surface area contributed by atoms with Crippen LogP contribution in [0.25, 0.3) is 5.69 Å². The summed E-state index contributed by atoms with van der Waals surface area (Å²) >= 11 is 5.55. The van der Waals surface area contributed by atoms with E-state index >= 15 is 0 Å². The van der Waals surface area contributed by atoms with Gasteiger partial charge in [0.05, 0.1) is 22.0 Å². The van der Waals surface area contributed by atoms with Gasteiger partial charge in [-0.1, -0.05) is 23.7 Å². The molecule has 0 atom stereocenters. The number of nitrogens with zero attached hydrogens (tertiary/aromatic N) is 3. The van der Waals surface area contributed by atoms with Crippen molar-refractivity contribution in [3.63, 3.8) is 0 Å². The zero-order chi connectivity index (χ0) is 14.9. The first-order valence-corrected chi connectivity index (χ1v) is 6.03. The predicted molar refractivity (Wildman–Crippen MR) is 66.1 cm³/mol. The molecule has 0 aliphatic carbocycles. The van der Waals surface area contributed by atoms with E-state index in [2.05, 4.69) is 10.3 Å². The molecule has 1 heterocycles. The largest absolute Gasteiger partial charge is 0.417 e. The average Bonchev–Trinajstić information content (AvgIpc) is 2.80. The molecule has 0 aliphatic heterocycles. The third kappa shape index (κ3) is 2.53. The van der Waals surface area contributed by atoms with Crippen LogP contribution in [0.1, 0.15) is 28.7 Å². The number of hydrogen-bond acceptors (Lipinski definition) is 3. The number of benzene rings is 1. The van der Waals surface area contributed by atoms with Crippen LogP contribution in [-0.4, -0.2) is 21.3 Å². The molecule has 20 heavy (non-hydrogen) atoms. The van der Waals surface area contributed by atoms with Crippen molar-refractivity contribution in [1.82, 2.24) is 15.0 Å². The topological polar surface area (TPSA) is 47.8 Å². The molecule has 2 rings (SSSR count). The Morgan fingerprint density at radius 1 is 1.40 bits per heavy atom. The molecule has 0 bridgehead atoms. The van der Waals surface area contributed by atoms with Gasteiger partial charge < -0.3 is 0 Å². The summed E-state index contributed by atoms with van der Waals surface area (Å²) < 4.78 is 39.6. The van der Waals surface area contributed by atoms with Crippen LogP contribution in [-0.2, 0) is 12.6 Å². The molecule has 0 unspecified atom stereocenters. The Balaban J connectivity index is 2.60. The van der Waals surface area contributed by atoms with Gasteiger partial charge in [-0.2, -0.15) is 13.2 Å². The molecule has 0 amide bonds. The van der Waals surface area contributed by atoms with E-state index in [4.69, 9.17) is 11.6 Å². The molecule has 2 aromatic rings. The van der Waals surface area contributed by atoms with Gasteiger partial charge in [0.15, 0.2) is 6.29 Å². The van der Waals surface area contributed by atoms with Gasteiger partial charge in [0.2, 0.25) is 0 Å². The van der Waals surface area contributed by atoms with Crippen LogP contribution >= 0.6 is 11.6 Å². The Bertz CT molecular complexity index is 652. The van der Waals surface area contributed by atoms with Gasteiger partial charge in [0.1, 0.15) is 5.69 Å². The number of alkyl halides is 3. The lowest BCUT2D eigenvalue weighted by atomic mass is 10.2. The minimum absolute atomic E-state index is 0.107. The lowest BCUT2D eigenvalue weighted by Gasteiger charge is -2.11. The summed E-state index contributed by atoms with van der Waals surface area (Å²) in [5, 5.41) is 6.94. The summed E-state index contributed by atoms with van der Waals surface area (Å²) in [6.45, 7) is 1.75. The molecule has 4 nitrogen and oxygen atoms in total. The molecule has 1 aromatic carbocycles. The van der Waals surface area contributed by atoms with E-state index in [0.717, 1.165) is 12.1 Å². The highest BCUT2D eigenvalue weighted by Crippen LogP contribution is 2.35. The standard InChI is InChI=1S/C12H9ClF3N3O/c1-2-11-10(6-20)17-18-19(11)7-3-4-9(13)8(5-7)12(14,15)16/h3-6H,2H2,1H3. The molecule has 1 aromatic heterocycles. The molecule has 106 valence electrons. The van der Waals surface area contributed by atoms with E-state index in [9.17, 15) is 18.0 Å². The molecule has 0 spiro atoms. The van der Waals surface area contributed by atoms with Gasteiger partial charge in [-0.15, -0.1) is 5.10 Å². The maximum absolute atomic E-state index is 12.8. The van der Waals surface area contributed by atoms with Gasteiger partial charge in [-0.25, -0.2) is 4.68 Å². The number of carbonyl (C=O) groups excluding carboxylic acids is 1. The normalized spacial score (nSPS) is 11.7. The average molecular weight is 304 g/mol. The first-order chi connectivity index (χ1) is 9.38. The number of aromatic nitrogens is 3. The second kappa shape index (κ2) is 5.24. The highest BCUT2D eigenvalue weighted by atomic mass is 35.5. The minimum atomic E-state index is -4.56. The summed E-state index contributed by atoms with van der Waals surface area (Å²) in [5.74, 6) is 0. The van der Waals surface area contributed by atoms with Crippen molar-refractivity contribution in [3.8, 4) is 5.69 Å². The molecule has 0 fully saturated rings. The van der Waals surface area contributed by atoms with E-state index in [0.29, 0.717) is 18.4 Å². The number of rotatable bonds is 3. The Hall–Kier alpha value is -1.89. The van der Waals surface area contributed by atoms with Gasteiger partial charge >= 0.3 is 6.18 Å². The van der Waals surface area contributed by atoms with E-state index in [1.807, 2.05) is 0 Å².